The van der Waals surface area contributed by atoms with Gasteiger partial charge in [-0.05, 0) is 33.8 Å². The Bertz CT molecular complexity index is 539. The van der Waals surface area contributed by atoms with Crippen LogP contribution in [0.2, 0.25) is 0 Å². The van der Waals surface area contributed by atoms with Crippen LogP contribution >= 0.6 is 0 Å². The van der Waals surface area contributed by atoms with Crippen LogP contribution in [0.3, 0.4) is 0 Å². The zero-order valence-electron chi connectivity index (χ0n) is 14.7. The Morgan fingerprint density at radius 3 is 2.78 bits per heavy atom. The van der Waals surface area contributed by atoms with Crippen LogP contribution in [-0.4, -0.2) is 30.9 Å². The average Bonchev–Trinajstić information content (AvgIpc) is 2.44. The van der Waals surface area contributed by atoms with E-state index in [1.165, 1.54) is 5.56 Å². The zero-order valence-corrected chi connectivity index (χ0v) is 14.7. The molecule has 1 aromatic rings. The lowest BCUT2D eigenvalue weighted by molar-refractivity contribution is 0.0506. The van der Waals surface area contributed by atoms with E-state index in [0.717, 1.165) is 5.75 Å². The first-order chi connectivity index (χ1) is 10.8. The summed E-state index contributed by atoms with van der Waals surface area (Å²) in [6.07, 6.45) is -0.382. The van der Waals surface area contributed by atoms with E-state index in [9.17, 15) is 4.79 Å². The molecule has 3 unspecified atom stereocenters. The molecule has 0 spiro atoms. The highest BCUT2D eigenvalue weighted by molar-refractivity contribution is 5.68. The molecule has 1 heterocycles. The number of benzene rings is 1. The Hall–Kier alpha value is -1.75. The van der Waals surface area contributed by atoms with Gasteiger partial charge in [-0.1, -0.05) is 25.1 Å². The molecule has 23 heavy (non-hydrogen) atoms. The van der Waals surface area contributed by atoms with Crippen LogP contribution in [0.15, 0.2) is 24.3 Å². The molecule has 1 amide bonds. The summed E-state index contributed by atoms with van der Waals surface area (Å²) in [5, 5.41) is 6.41. The van der Waals surface area contributed by atoms with Crippen molar-refractivity contribution < 1.29 is 14.3 Å². The molecule has 0 aromatic heterocycles. The van der Waals surface area contributed by atoms with Crippen molar-refractivity contribution in [3.8, 4) is 5.75 Å². The standard InChI is InChI=1S/C18H28N2O3/c1-12-11-22-15-9-7-6-8-14(15)16(12)19-10-13(2)20-17(21)23-18(3,4)5/h6-9,12-13,16,19H,10-11H2,1-5H3,(H,20,21). The fraction of sp³-hybridized carbons (Fsp3) is 0.611. The summed E-state index contributed by atoms with van der Waals surface area (Å²) in [4.78, 5) is 11.8. The summed E-state index contributed by atoms with van der Waals surface area (Å²) >= 11 is 0. The second-order valence-corrected chi connectivity index (χ2v) is 7.26. The van der Waals surface area contributed by atoms with E-state index in [4.69, 9.17) is 9.47 Å². The van der Waals surface area contributed by atoms with Crippen LogP contribution in [0.5, 0.6) is 5.75 Å². The topological polar surface area (TPSA) is 59.6 Å². The van der Waals surface area contributed by atoms with Gasteiger partial charge < -0.3 is 20.1 Å². The van der Waals surface area contributed by atoms with E-state index < -0.39 is 5.60 Å². The molecular formula is C18H28N2O3. The maximum Gasteiger partial charge on any atom is 0.407 e. The second-order valence-electron chi connectivity index (χ2n) is 7.26. The Labute approximate surface area is 138 Å². The fourth-order valence-electron chi connectivity index (χ4n) is 2.67. The molecule has 0 radical (unpaired) electrons. The van der Waals surface area contributed by atoms with Gasteiger partial charge in [0, 0.05) is 30.1 Å². The lowest BCUT2D eigenvalue weighted by Gasteiger charge is -2.33. The number of rotatable bonds is 4. The first-order valence-electron chi connectivity index (χ1n) is 8.21. The van der Waals surface area contributed by atoms with Crippen molar-refractivity contribution in [2.45, 2.75) is 52.3 Å². The molecule has 0 saturated carbocycles. The summed E-state index contributed by atoms with van der Waals surface area (Å²) in [5.41, 5.74) is 0.696. The number of alkyl carbamates (subject to hydrolysis) is 1. The Balaban J connectivity index is 1.89. The van der Waals surface area contributed by atoms with Crippen molar-refractivity contribution in [1.82, 2.24) is 10.6 Å². The molecule has 5 nitrogen and oxygen atoms in total. The van der Waals surface area contributed by atoms with E-state index in [1.807, 2.05) is 45.9 Å². The molecule has 1 aromatic carbocycles. The number of para-hydroxylation sites is 1. The van der Waals surface area contributed by atoms with Gasteiger partial charge in [0.2, 0.25) is 0 Å². The minimum atomic E-state index is -0.481. The lowest BCUT2D eigenvalue weighted by Crippen LogP contribution is -2.45. The van der Waals surface area contributed by atoms with Gasteiger partial charge >= 0.3 is 6.09 Å². The van der Waals surface area contributed by atoms with Crippen LogP contribution < -0.4 is 15.4 Å². The number of fused-ring (bicyclic) bond motifs is 1. The number of ether oxygens (including phenoxy) is 2. The van der Waals surface area contributed by atoms with Crippen molar-refractivity contribution in [1.29, 1.82) is 0 Å². The van der Waals surface area contributed by atoms with Crippen molar-refractivity contribution in [3.05, 3.63) is 29.8 Å². The average molecular weight is 320 g/mol. The van der Waals surface area contributed by atoms with Crippen LogP contribution in [0.4, 0.5) is 4.79 Å². The third-order valence-corrected chi connectivity index (χ3v) is 3.73. The zero-order chi connectivity index (χ0) is 17.0. The van der Waals surface area contributed by atoms with Crippen molar-refractivity contribution in [3.63, 3.8) is 0 Å². The largest absolute Gasteiger partial charge is 0.493 e. The van der Waals surface area contributed by atoms with E-state index in [0.29, 0.717) is 19.1 Å². The summed E-state index contributed by atoms with van der Waals surface area (Å²) < 4.78 is 11.0. The monoisotopic (exact) mass is 320 g/mol. The number of carbonyl (C=O) groups is 1. The van der Waals surface area contributed by atoms with Crippen LogP contribution in [0.1, 0.15) is 46.2 Å². The summed E-state index contributed by atoms with van der Waals surface area (Å²) in [6, 6.07) is 8.30. The van der Waals surface area contributed by atoms with Gasteiger partial charge in [0.15, 0.2) is 0 Å². The van der Waals surface area contributed by atoms with Gasteiger partial charge in [-0.25, -0.2) is 4.79 Å². The normalized spacial score (nSPS) is 21.8. The van der Waals surface area contributed by atoms with Crippen LogP contribution in [0.25, 0.3) is 0 Å². The van der Waals surface area contributed by atoms with E-state index in [1.54, 1.807) is 0 Å². The molecule has 3 atom stereocenters. The number of carbonyl (C=O) groups excluding carboxylic acids is 1. The molecule has 0 bridgehead atoms. The highest BCUT2D eigenvalue weighted by Gasteiger charge is 2.27. The minimum Gasteiger partial charge on any atom is -0.493 e. The summed E-state index contributed by atoms with van der Waals surface area (Å²) in [7, 11) is 0. The molecule has 0 saturated heterocycles. The highest BCUT2D eigenvalue weighted by Crippen LogP contribution is 2.34. The molecule has 1 aliphatic heterocycles. The molecule has 2 rings (SSSR count). The van der Waals surface area contributed by atoms with Crippen molar-refractivity contribution in [2.24, 2.45) is 5.92 Å². The summed E-state index contributed by atoms with van der Waals surface area (Å²) in [5.74, 6) is 1.31. The van der Waals surface area contributed by atoms with Gasteiger partial charge in [0.05, 0.1) is 6.61 Å². The van der Waals surface area contributed by atoms with Crippen LogP contribution in [0, 0.1) is 5.92 Å². The SMILES string of the molecule is CC(CNC1c2ccccc2OCC1C)NC(=O)OC(C)(C)C. The third kappa shape index (κ3) is 5.13. The second kappa shape index (κ2) is 7.21. The predicted molar refractivity (Wildman–Crippen MR) is 90.7 cm³/mol. The van der Waals surface area contributed by atoms with Gasteiger partial charge in [-0.15, -0.1) is 0 Å². The number of nitrogens with one attached hydrogen (secondary N) is 2. The Morgan fingerprint density at radius 1 is 1.39 bits per heavy atom. The fourth-order valence-corrected chi connectivity index (χ4v) is 2.67. The number of hydrogen-bond donors (Lipinski definition) is 2. The molecule has 1 aliphatic rings. The van der Waals surface area contributed by atoms with E-state index in [-0.39, 0.29) is 18.2 Å². The molecule has 2 N–H and O–H groups in total. The van der Waals surface area contributed by atoms with E-state index >= 15 is 0 Å². The van der Waals surface area contributed by atoms with Crippen molar-refractivity contribution in [2.75, 3.05) is 13.2 Å². The van der Waals surface area contributed by atoms with Gasteiger partial charge in [0.1, 0.15) is 11.4 Å². The third-order valence-electron chi connectivity index (χ3n) is 3.73. The molecular weight excluding hydrogens is 292 g/mol. The Morgan fingerprint density at radius 2 is 2.09 bits per heavy atom. The first kappa shape index (κ1) is 17.6. The lowest BCUT2D eigenvalue weighted by atomic mass is 9.92. The Kier molecular flexibility index (Phi) is 5.52. The van der Waals surface area contributed by atoms with Crippen molar-refractivity contribution >= 4 is 6.09 Å². The maximum atomic E-state index is 11.8. The van der Waals surface area contributed by atoms with Gasteiger partial charge in [0.25, 0.3) is 0 Å². The van der Waals surface area contributed by atoms with Gasteiger partial charge in [-0.2, -0.15) is 0 Å². The smallest absolute Gasteiger partial charge is 0.407 e. The van der Waals surface area contributed by atoms with E-state index in [2.05, 4.69) is 23.6 Å². The maximum absolute atomic E-state index is 11.8. The first-order valence-corrected chi connectivity index (χ1v) is 8.21. The molecule has 128 valence electrons. The minimum absolute atomic E-state index is 0.0212. The number of hydrogen-bond acceptors (Lipinski definition) is 4. The molecule has 0 aliphatic carbocycles. The van der Waals surface area contributed by atoms with Gasteiger partial charge in [-0.3, -0.25) is 0 Å². The molecule has 0 fully saturated rings. The quantitative estimate of drug-likeness (QED) is 0.894. The predicted octanol–water partition coefficient (Wildman–Crippen LogP) is 3.26. The summed E-state index contributed by atoms with van der Waals surface area (Å²) in [6.45, 7) is 11.1. The van der Waals surface area contributed by atoms with Crippen LogP contribution in [-0.2, 0) is 4.74 Å². The number of amides is 1. The highest BCUT2D eigenvalue weighted by atomic mass is 16.6. The molecule has 5 heteroatoms.